The smallest absolute Gasteiger partial charge is 0.255 e. The fourth-order valence-electron chi connectivity index (χ4n) is 1.93. The lowest BCUT2D eigenvalue weighted by Gasteiger charge is -2.29. The van der Waals surface area contributed by atoms with Crippen LogP contribution >= 0.6 is 0 Å². The highest BCUT2D eigenvalue weighted by Gasteiger charge is 2.25. The summed E-state index contributed by atoms with van der Waals surface area (Å²) in [5.41, 5.74) is 7.24. The number of fused-ring (bicyclic) bond motifs is 1. The maximum Gasteiger partial charge on any atom is 0.255 e. The fraction of sp³-hybridized carbons (Fsp3) is 0.556. The van der Waals surface area contributed by atoms with Crippen molar-refractivity contribution in [2.45, 2.75) is 12.5 Å². The van der Waals surface area contributed by atoms with Gasteiger partial charge in [0.25, 0.3) is 5.56 Å². The minimum atomic E-state index is -0.0417. The van der Waals surface area contributed by atoms with Crippen molar-refractivity contribution in [3.8, 4) is 0 Å². The molecule has 1 aliphatic rings. The van der Waals surface area contributed by atoms with E-state index in [0.717, 1.165) is 17.8 Å². The summed E-state index contributed by atoms with van der Waals surface area (Å²) in [6, 6.07) is 0. The molecular formula is C9H14N4O. The number of aromatic amines is 1. The number of H-pyrrole nitrogens is 1. The van der Waals surface area contributed by atoms with E-state index in [1.165, 1.54) is 6.33 Å². The molecule has 0 bridgehead atoms. The van der Waals surface area contributed by atoms with Crippen LogP contribution in [0.25, 0.3) is 0 Å². The van der Waals surface area contributed by atoms with Gasteiger partial charge in [0.2, 0.25) is 0 Å². The van der Waals surface area contributed by atoms with Gasteiger partial charge in [-0.3, -0.25) is 4.79 Å². The SMILES string of the molecule is CN1Cc2c(nc[nH]c2=O)C(CN)C1. The van der Waals surface area contributed by atoms with Gasteiger partial charge >= 0.3 is 0 Å². The topological polar surface area (TPSA) is 75.0 Å². The van der Waals surface area contributed by atoms with Gasteiger partial charge in [-0.05, 0) is 7.05 Å². The first-order valence-electron chi connectivity index (χ1n) is 4.67. The Labute approximate surface area is 82.0 Å². The molecule has 0 spiro atoms. The molecule has 1 unspecified atom stereocenters. The molecule has 76 valence electrons. The van der Waals surface area contributed by atoms with E-state index >= 15 is 0 Å². The number of likely N-dealkylation sites (N-methyl/N-ethyl adjacent to an activating group) is 1. The average molecular weight is 194 g/mol. The highest BCUT2D eigenvalue weighted by molar-refractivity contribution is 5.23. The normalized spacial score (nSPS) is 22.0. The molecule has 1 atom stereocenters. The number of aromatic nitrogens is 2. The van der Waals surface area contributed by atoms with E-state index in [-0.39, 0.29) is 11.5 Å². The third-order valence-corrected chi connectivity index (χ3v) is 2.61. The first-order valence-corrected chi connectivity index (χ1v) is 4.67. The summed E-state index contributed by atoms with van der Waals surface area (Å²) in [4.78, 5) is 20.4. The largest absolute Gasteiger partial charge is 0.330 e. The van der Waals surface area contributed by atoms with Crippen LogP contribution in [0.5, 0.6) is 0 Å². The lowest BCUT2D eigenvalue weighted by molar-refractivity contribution is 0.277. The van der Waals surface area contributed by atoms with Crippen molar-refractivity contribution in [3.63, 3.8) is 0 Å². The predicted molar refractivity (Wildman–Crippen MR) is 53.0 cm³/mol. The van der Waals surface area contributed by atoms with Gasteiger partial charge in [0.1, 0.15) is 0 Å². The number of hydrogen-bond donors (Lipinski definition) is 2. The second-order valence-electron chi connectivity index (χ2n) is 3.72. The summed E-state index contributed by atoms with van der Waals surface area (Å²) < 4.78 is 0. The Morgan fingerprint density at radius 1 is 1.79 bits per heavy atom. The zero-order chi connectivity index (χ0) is 10.1. The van der Waals surface area contributed by atoms with Gasteiger partial charge in [-0.1, -0.05) is 0 Å². The van der Waals surface area contributed by atoms with E-state index in [1.807, 2.05) is 7.05 Å². The summed E-state index contributed by atoms with van der Waals surface area (Å²) in [6.45, 7) is 2.07. The van der Waals surface area contributed by atoms with Gasteiger partial charge in [-0.25, -0.2) is 4.98 Å². The summed E-state index contributed by atoms with van der Waals surface area (Å²) in [5, 5.41) is 0. The second-order valence-corrected chi connectivity index (χ2v) is 3.72. The number of nitrogens with zero attached hydrogens (tertiary/aromatic N) is 2. The summed E-state index contributed by atoms with van der Waals surface area (Å²) in [5.74, 6) is 0.186. The Morgan fingerprint density at radius 3 is 3.29 bits per heavy atom. The Morgan fingerprint density at radius 2 is 2.57 bits per heavy atom. The Balaban J connectivity index is 2.51. The van der Waals surface area contributed by atoms with E-state index in [1.54, 1.807) is 0 Å². The van der Waals surface area contributed by atoms with Crippen LogP contribution in [0.1, 0.15) is 17.2 Å². The Kier molecular flexibility index (Phi) is 2.35. The molecule has 3 N–H and O–H groups in total. The fourth-order valence-corrected chi connectivity index (χ4v) is 1.93. The molecule has 2 heterocycles. The van der Waals surface area contributed by atoms with E-state index in [2.05, 4.69) is 14.9 Å². The molecule has 5 heteroatoms. The summed E-state index contributed by atoms with van der Waals surface area (Å²) in [6.07, 6.45) is 1.45. The molecule has 14 heavy (non-hydrogen) atoms. The van der Waals surface area contributed by atoms with Crippen LogP contribution in [0, 0.1) is 0 Å². The average Bonchev–Trinajstić information content (AvgIpc) is 2.18. The first kappa shape index (κ1) is 9.36. The second kappa shape index (κ2) is 3.51. The van der Waals surface area contributed by atoms with Gasteiger partial charge in [0.15, 0.2) is 0 Å². The monoisotopic (exact) mass is 194 g/mol. The molecule has 1 aromatic heterocycles. The molecule has 0 amide bonds. The van der Waals surface area contributed by atoms with Gasteiger partial charge in [0.05, 0.1) is 17.6 Å². The van der Waals surface area contributed by atoms with Crippen LogP contribution in [-0.2, 0) is 6.54 Å². The minimum Gasteiger partial charge on any atom is -0.330 e. The number of hydrogen-bond acceptors (Lipinski definition) is 4. The molecular weight excluding hydrogens is 180 g/mol. The first-order chi connectivity index (χ1) is 6.72. The number of nitrogens with one attached hydrogen (secondary N) is 1. The standard InChI is InChI=1S/C9H14N4O/c1-13-3-6(2-10)8-7(4-13)9(14)12-5-11-8/h5-6H,2-4,10H2,1H3,(H,11,12,14). The highest BCUT2D eigenvalue weighted by atomic mass is 16.1. The zero-order valence-corrected chi connectivity index (χ0v) is 8.16. The highest BCUT2D eigenvalue weighted by Crippen LogP contribution is 2.21. The molecule has 1 aromatic rings. The molecule has 1 aliphatic heterocycles. The van der Waals surface area contributed by atoms with E-state index in [9.17, 15) is 4.79 Å². The van der Waals surface area contributed by atoms with Crippen LogP contribution in [0.2, 0.25) is 0 Å². The molecule has 0 radical (unpaired) electrons. The van der Waals surface area contributed by atoms with Crippen LogP contribution in [-0.4, -0.2) is 35.0 Å². The van der Waals surface area contributed by atoms with Gasteiger partial charge in [-0.15, -0.1) is 0 Å². The maximum absolute atomic E-state index is 11.5. The van der Waals surface area contributed by atoms with Crippen molar-refractivity contribution < 1.29 is 0 Å². The van der Waals surface area contributed by atoms with Crippen LogP contribution < -0.4 is 11.3 Å². The van der Waals surface area contributed by atoms with Crippen molar-refractivity contribution in [1.82, 2.24) is 14.9 Å². The third-order valence-electron chi connectivity index (χ3n) is 2.61. The lowest BCUT2D eigenvalue weighted by atomic mass is 9.96. The maximum atomic E-state index is 11.5. The van der Waals surface area contributed by atoms with Crippen molar-refractivity contribution in [3.05, 3.63) is 27.9 Å². The number of rotatable bonds is 1. The predicted octanol–water partition coefficient (Wildman–Crippen LogP) is -0.742. The molecule has 0 fully saturated rings. The lowest BCUT2D eigenvalue weighted by Crippen LogP contribution is -2.38. The summed E-state index contributed by atoms with van der Waals surface area (Å²) in [7, 11) is 1.98. The van der Waals surface area contributed by atoms with Crippen molar-refractivity contribution in [1.29, 1.82) is 0 Å². The molecule has 0 saturated carbocycles. The van der Waals surface area contributed by atoms with Crippen molar-refractivity contribution in [2.24, 2.45) is 5.73 Å². The van der Waals surface area contributed by atoms with Crippen LogP contribution in [0.15, 0.2) is 11.1 Å². The number of nitrogens with two attached hydrogens (primary N) is 1. The van der Waals surface area contributed by atoms with E-state index in [0.29, 0.717) is 13.1 Å². The third kappa shape index (κ3) is 1.44. The van der Waals surface area contributed by atoms with E-state index in [4.69, 9.17) is 5.73 Å². The van der Waals surface area contributed by atoms with Crippen LogP contribution in [0.3, 0.4) is 0 Å². The Hall–Kier alpha value is -1.20. The molecule has 0 aliphatic carbocycles. The van der Waals surface area contributed by atoms with Gasteiger partial charge in [-0.2, -0.15) is 0 Å². The quantitative estimate of drug-likeness (QED) is 0.617. The molecule has 0 aromatic carbocycles. The zero-order valence-electron chi connectivity index (χ0n) is 8.16. The molecule has 2 rings (SSSR count). The minimum absolute atomic E-state index is 0.0417. The van der Waals surface area contributed by atoms with E-state index < -0.39 is 0 Å². The van der Waals surface area contributed by atoms with Gasteiger partial charge in [0, 0.05) is 25.6 Å². The molecule has 0 saturated heterocycles. The molecule has 5 nitrogen and oxygen atoms in total. The van der Waals surface area contributed by atoms with Crippen LogP contribution in [0.4, 0.5) is 0 Å². The van der Waals surface area contributed by atoms with Gasteiger partial charge < -0.3 is 15.6 Å². The van der Waals surface area contributed by atoms with Crippen molar-refractivity contribution >= 4 is 0 Å². The Bertz CT molecular complexity index is 387. The van der Waals surface area contributed by atoms with Crippen molar-refractivity contribution in [2.75, 3.05) is 20.1 Å². The summed E-state index contributed by atoms with van der Waals surface area (Å²) >= 11 is 0.